The molecule has 0 saturated carbocycles. The van der Waals surface area contributed by atoms with Crippen molar-refractivity contribution >= 4 is 35.6 Å². The van der Waals surface area contributed by atoms with Gasteiger partial charge in [-0.3, -0.25) is 0 Å². The first-order valence-electron chi connectivity index (χ1n) is 9.02. The number of benzene rings is 2. The maximum absolute atomic E-state index is 6.21. The van der Waals surface area contributed by atoms with Crippen LogP contribution in [0.1, 0.15) is 38.3 Å². The largest absolute Gasteiger partial charge is 0.490 e. The van der Waals surface area contributed by atoms with Crippen molar-refractivity contribution in [1.29, 1.82) is 0 Å². The Kier molecular flexibility index (Phi) is 10.9. The lowest BCUT2D eigenvalue weighted by Gasteiger charge is -2.14. The zero-order chi connectivity index (χ0) is 18.9. The minimum atomic E-state index is 0. The number of hydrogen-bond donors (Lipinski definition) is 1. The van der Waals surface area contributed by atoms with Gasteiger partial charge >= 0.3 is 0 Å². The Balaban J connectivity index is 0.00000364. The van der Waals surface area contributed by atoms with Gasteiger partial charge in [0, 0.05) is 22.2 Å². The Morgan fingerprint density at radius 3 is 2.44 bits per heavy atom. The van der Waals surface area contributed by atoms with Crippen LogP contribution in [0.2, 0.25) is 10.0 Å². The zero-order valence-corrected chi connectivity index (χ0v) is 18.4. The van der Waals surface area contributed by atoms with Gasteiger partial charge in [-0.25, -0.2) is 0 Å². The van der Waals surface area contributed by atoms with Crippen LogP contribution in [0.3, 0.4) is 0 Å². The molecule has 2 aromatic rings. The highest BCUT2D eigenvalue weighted by Crippen LogP contribution is 2.30. The van der Waals surface area contributed by atoms with Gasteiger partial charge in [-0.15, -0.1) is 12.4 Å². The molecule has 0 radical (unpaired) electrons. The zero-order valence-electron chi connectivity index (χ0n) is 16.1. The molecule has 3 nitrogen and oxygen atoms in total. The molecule has 2 rings (SSSR count). The van der Waals surface area contributed by atoms with E-state index in [1.165, 1.54) is 12.0 Å². The SMILES string of the molecule is CCOc1cc(CNCCC(C)C)ccc1OCc1ccc(Cl)cc1Cl.Cl. The van der Waals surface area contributed by atoms with Crippen molar-refractivity contribution in [2.45, 2.75) is 40.3 Å². The Bertz CT molecular complexity index is 708. The van der Waals surface area contributed by atoms with Gasteiger partial charge in [0.2, 0.25) is 0 Å². The van der Waals surface area contributed by atoms with Crippen molar-refractivity contribution in [3.8, 4) is 11.5 Å². The van der Waals surface area contributed by atoms with Crippen molar-refractivity contribution in [1.82, 2.24) is 5.32 Å². The predicted octanol–water partition coefficient (Wildman–Crippen LogP) is 6.53. The van der Waals surface area contributed by atoms with E-state index < -0.39 is 0 Å². The van der Waals surface area contributed by atoms with Crippen molar-refractivity contribution in [3.63, 3.8) is 0 Å². The molecular weight excluding hydrogens is 405 g/mol. The quantitative estimate of drug-likeness (QED) is 0.433. The molecule has 6 heteroatoms. The summed E-state index contributed by atoms with van der Waals surface area (Å²) in [5, 5.41) is 4.68. The second-order valence-electron chi connectivity index (χ2n) is 6.60. The van der Waals surface area contributed by atoms with Crippen LogP contribution in [0.15, 0.2) is 36.4 Å². The Morgan fingerprint density at radius 1 is 1.00 bits per heavy atom. The van der Waals surface area contributed by atoms with Gasteiger partial charge in [0.05, 0.1) is 6.61 Å². The fourth-order valence-electron chi connectivity index (χ4n) is 2.47. The first-order valence-corrected chi connectivity index (χ1v) is 9.78. The Labute approximate surface area is 178 Å². The number of rotatable bonds is 10. The van der Waals surface area contributed by atoms with Gasteiger partial charge in [-0.05, 0) is 55.6 Å². The normalized spacial score (nSPS) is 10.6. The molecule has 0 aliphatic heterocycles. The highest BCUT2D eigenvalue weighted by Gasteiger charge is 2.09. The number of nitrogens with one attached hydrogen (secondary N) is 1. The van der Waals surface area contributed by atoms with Crippen LogP contribution in [0.4, 0.5) is 0 Å². The summed E-state index contributed by atoms with van der Waals surface area (Å²) in [6.45, 7) is 9.20. The minimum absolute atomic E-state index is 0. The summed E-state index contributed by atoms with van der Waals surface area (Å²) >= 11 is 12.1. The van der Waals surface area contributed by atoms with E-state index >= 15 is 0 Å². The fourth-order valence-corrected chi connectivity index (χ4v) is 2.93. The minimum Gasteiger partial charge on any atom is -0.490 e. The molecule has 0 atom stereocenters. The Hall–Kier alpha value is -1.13. The molecule has 0 unspecified atom stereocenters. The van der Waals surface area contributed by atoms with Gasteiger partial charge in [-0.2, -0.15) is 0 Å². The monoisotopic (exact) mass is 431 g/mol. The average Bonchev–Trinajstić information content (AvgIpc) is 2.59. The molecule has 0 heterocycles. The fraction of sp³-hybridized carbons (Fsp3) is 0.429. The summed E-state index contributed by atoms with van der Waals surface area (Å²) in [5.74, 6) is 2.17. The molecule has 0 saturated heterocycles. The second kappa shape index (κ2) is 12.4. The lowest BCUT2D eigenvalue weighted by Crippen LogP contribution is -2.16. The van der Waals surface area contributed by atoms with Crippen LogP contribution in [0, 0.1) is 5.92 Å². The first-order chi connectivity index (χ1) is 12.5. The lowest BCUT2D eigenvalue weighted by atomic mass is 10.1. The summed E-state index contributed by atoms with van der Waals surface area (Å²) < 4.78 is 11.7. The second-order valence-corrected chi connectivity index (χ2v) is 7.44. The van der Waals surface area contributed by atoms with E-state index in [1.54, 1.807) is 6.07 Å². The molecule has 0 amide bonds. The van der Waals surface area contributed by atoms with E-state index in [-0.39, 0.29) is 12.4 Å². The molecule has 0 aromatic heterocycles. The summed E-state index contributed by atoms with van der Waals surface area (Å²) in [6.07, 6.45) is 1.17. The average molecular weight is 433 g/mol. The van der Waals surface area contributed by atoms with E-state index in [9.17, 15) is 0 Å². The predicted molar refractivity (Wildman–Crippen MR) is 117 cm³/mol. The van der Waals surface area contributed by atoms with Crippen molar-refractivity contribution < 1.29 is 9.47 Å². The highest BCUT2D eigenvalue weighted by molar-refractivity contribution is 6.35. The van der Waals surface area contributed by atoms with Crippen molar-refractivity contribution in [2.24, 2.45) is 5.92 Å². The molecule has 0 fully saturated rings. The molecule has 2 aromatic carbocycles. The third kappa shape index (κ3) is 8.18. The summed E-state index contributed by atoms with van der Waals surface area (Å²) in [4.78, 5) is 0. The van der Waals surface area contributed by atoms with Crippen LogP contribution in [0.25, 0.3) is 0 Å². The number of ether oxygens (including phenoxy) is 2. The summed E-state index contributed by atoms with van der Waals surface area (Å²) in [5.41, 5.74) is 2.06. The first kappa shape index (κ1) is 23.9. The maximum Gasteiger partial charge on any atom is 0.161 e. The van der Waals surface area contributed by atoms with Crippen LogP contribution in [0.5, 0.6) is 11.5 Å². The Morgan fingerprint density at radius 2 is 1.78 bits per heavy atom. The van der Waals surface area contributed by atoms with E-state index in [0.717, 1.165) is 24.4 Å². The van der Waals surface area contributed by atoms with Crippen LogP contribution in [-0.2, 0) is 13.2 Å². The topological polar surface area (TPSA) is 30.5 Å². The summed E-state index contributed by atoms with van der Waals surface area (Å²) in [7, 11) is 0. The summed E-state index contributed by atoms with van der Waals surface area (Å²) in [6, 6.07) is 11.4. The molecule has 0 aliphatic carbocycles. The van der Waals surface area contributed by atoms with E-state index in [2.05, 4.69) is 25.2 Å². The maximum atomic E-state index is 6.21. The lowest BCUT2D eigenvalue weighted by molar-refractivity contribution is 0.269. The molecule has 0 spiro atoms. The van der Waals surface area contributed by atoms with E-state index in [1.807, 2.05) is 31.2 Å². The van der Waals surface area contributed by atoms with Gasteiger partial charge < -0.3 is 14.8 Å². The van der Waals surface area contributed by atoms with Gasteiger partial charge in [0.25, 0.3) is 0 Å². The third-order valence-electron chi connectivity index (χ3n) is 3.93. The van der Waals surface area contributed by atoms with Crippen molar-refractivity contribution in [3.05, 3.63) is 57.6 Å². The van der Waals surface area contributed by atoms with Gasteiger partial charge in [0.15, 0.2) is 11.5 Å². The van der Waals surface area contributed by atoms with Gasteiger partial charge in [-0.1, -0.05) is 49.2 Å². The third-order valence-corrected chi connectivity index (χ3v) is 4.52. The van der Waals surface area contributed by atoms with Crippen LogP contribution in [-0.4, -0.2) is 13.2 Å². The van der Waals surface area contributed by atoms with E-state index in [0.29, 0.717) is 34.9 Å². The van der Waals surface area contributed by atoms with Crippen molar-refractivity contribution in [2.75, 3.05) is 13.2 Å². The van der Waals surface area contributed by atoms with Gasteiger partial charge in [0.1, 0.15) is 6.61 Å². The smallest absolute Gasteiger partial charge is 0.161 e. The highest BCUT2D eigenvalue weighted by atomic mass is 35.5. The van der Waals surface area contributed by atoms with E-state index in [4.69, 9.17) is 32.7 Å². The van der Waals surface area contributed by atoms with Crippen LogP contribution >= 0.6 is 35.6 Å². The molecule has 0 bridgehead atoms. The van der Waals surface area contributed by atoms with Crippen LogP contribution < -0.4 is 14.8 Å². The molecular formula is C21H28Cl3NO2. The standard InChI is InChI=1S/C21H27Cl2NO2.ClH/c1-4-25-21-11-16(13-24-10-9-15(2)3)5-8-20(21)26-14-17-6-7-18(22)12-19(17)23;/h5-8,11-12,15,24H,4,9-10,13-14H2,1-3H3;1H. The molecule has 150 valence electrons. The molecule has 1 N–H and O–H groups in total. The number of hydrogen-bond acceptors (Lipinski definition) is 3. The molecule has 0 aliphatic rings. The molecule has 27 heavy (non-hydrogen) atoms. The number of halogens is 3.